The first-order valence-electron chi connectivity index (χ1n) is 5.80. The molecule has 0 spiro atoms. The van der Waals surface area contributed by atoms with Crippen LogP contribution in [-0.2, 0) is 4.57 Å². The van der Waals surface area contributed by atoms with E-state index in [4.69, 9.17) is 11.6 Å². The van der Waals surface area contributed by atoms with Gasteiger partial charge < -0.3 is 10.2 Å². The first-order chi connectivity index (χ1) is 9.97. The lowest BCUT2D eigenvalue weighted by atomic mass is 10.2. The molecule has 0 aliphatic carbocycles. The van der Waals surface area contributed by atoms with Gasteiger partial charge in [-0.1, -0.05) is 28.3 Å². The maximum absolute atomic E-state index is 12.5. The maximum Gasteiger partial charge on any atom is 0.348 e. The average molecular weight is 328 g/mol. The lowest BCUT2D eigenvalue weighted by molar-refractivity contribution is -0.160. The fourth-order valence-electron chi connectivity index (χ4n) is 1.36. The van der Waals surface area contributed by atoms with Crippen molar-refractivity contribution in [1.29, 1.82) is 0 Å². The Morgan fingerprint density at radius 3 is 2.52 bits per heavy atom. The minimum Gasteiger partial charge on any atom is -0.591 e. The van der Waals surface area contributed by atoms with Crippen LogP contribution in [0.25, 0.3) is 0 Å². The number of anilines is 1. The second-order valence-corrected chi connectivity index (χ2v) is 5.29. The number of aldehydes is 1. The third-order valence-corrected chi connectivity index (χ3v) is 3.41. The van der Waals surface area contributed by atoms with E-state index in [-0.39, 0.29) is 16.1 Å². The van der Waals surface area contributed by atoms with Gasteiger partial charge in [0.2, 0.25) is 0 Å². The van der Waals surface area contributed by atoms with Crippen LogP contribution in [-0.4, -0.2) is 13.3 Å². The zero-order valence-corrected chi connectivity index (χ0v) is 12.7. The van der Waals surface area contributed by atoms with Gasteiger partial charge in [0.15, 0.2) is 5.30 Å². The number of hydrogen-bond donors (Lipinski definition) is 1. The van der Waals surface area contributed by atoms with Crippen LogP contribution >= 0.6 is 19.6 Å². The van der Waals surface area contributed by atoms with E-state index in [1.165, 1.54) is 30.3 Å². The first kappa shape index (κ1) is 17.2. The molecule has 1 N–H and O–H groups in total. The second kappa shape index (κ2) is 8.47. The first-order valence-corrected chi connectivity index (χ1v) is 7.36. The highest BCUT2D eigenvalue weighted by atomic mass is 35.5. The van der Waals surface area contributed by atoms with Crippen molar-refractivity contribution >= 4 is 36.9 Å². The van der Waals surface area contributed by atoms with E-state index < -0.39 is 8.03 Å². The Balaban J connectivity index is 0.000000211. The molecule has 1 atom stereocenters. The van der Waals surface area contributed by atoms with Gasteiger partial charge in [-0.05, 0) is 24.3 Å². The van der Waals surface area contributed by atoms with Crippen molar-refractivity contribution in [3.63, 3.8) is 0 Å². The molecule has 0 radical (unpaired) electrons. The molecule has 21 heavy (non-hydrogen) atoms. The predicted octanol–water partition coefficient (Wildman–Crippen LogP) is 2.75. The van der Waals surface area contributed by atoms with Crippen molar-refractivity contribution in [3.05, 3.63) is 58.9 Å². The number of carbonyl (C=O) groups excluding carboxylic acids is 1. The Bertz CT molecular complexity index is 652. The molecule has 0 fully saturated rings. The van der Waals surface area contributed by atoms with E-state index in [1.807, 2.05) is 0 Å². The normalized spacial score (nSPS) is 10.2. The standard InChI is InChI=1S/C7H7ClFN.C7H5O3P/c1-10-5-2-3-7(9)6(8)4-5;8-5-6-2-1-3-7(4-6)11(9)10/h2-4,10H,1H3;1-5H. The van der Waals surface area contributed by atoms with Gasteiger partial charge in [0.25, 0.3) is 0 Å². The Labute approximate surface area is 127 Å². The van der Waals surface area contributed by atoms with E-state index >= 15 is 0 Å². The minimum atomic E-state index is -2.58. The Hall–Kier alpha value is -1.81. The molecule has 2 aromatic rings. The molecule has 0 aromatic heterocycles. The molecular weight excluding hydrogens is 316 g/mol. The highest BCUT2D eigenvalue weighted by Crippen LogP contribution is 2.18. The molecule has 2 aromatic carbocycles. The fourth-order valence-corrected chi connectivity index (χ4v) is 2.01. The second-order valence-electron chi connectivity index (χ2n) is 3.85. The van der Waals surface area contributed by atoms with Crippen molar-refractivity contribution in [2.75, 3.05) is 12.4 Å². The minimum absolute atomic E-state index is 0.145. The zero-order valence-electron chi connectivity index (χ0n) is 11.0. The van der Waals surface area contributed by atoms with E-state index in [2.05, 4.69) is 5.32 Å². The fraction of sp³-hybridized carbons (Fsp3) is 0.0714. The molecule has 0 saturated carbocycles. The van der Waals surface area contributed by atoms with Gasteiger partial charge in [0, 0.05) is 24.4 Å². The molecule has 0 saturated heterocycles. The van der Waals surface area contributed by atoms with Crippen LogP contribution in [0.5, 0.6) is 0 Å². The Morgan fingerprint density at radius 2 is 2.00 bits per heavy atom. The van der Waals surface area contributed by atoms with Gasteiger partial charge in [-0.15, -0.1) is 0 Å². The van der Waals surface area contributed by atoms with Gasteiger partial charge in [0.1, 0.15) is 12.1 Å². The highest BCUT2D eigenvalue weighted by molar-refractivity contribution is 7.45. The van der Waals surface area contributed by atoms with Gasteiger partial charge in [-0.25, -0.2) is 4.39 Å². The van der Waals surface area contributed by atoms with E-state index in [1.54, 1.807) is 19.2 Å². The number of halogens is 2. The van der Waals surface area contributed by atoms with Crippen molar-refractivity contribution in [2.45, 2.75) is 0 Å². The molecule has 0 aliphatic rings. The quantitative estimate of drug-likeness (QED) is 0.695. The lowest BCUT2D eigenvalue weighted by Gasteiger charge is -1.99. The van der Waals surface area contributed by atoms with Crippen LogP contribution in [0, 0.1) is 5.82 Å². The van der Waals surface area contributed by atoms with Crippen LogP contribution in [0.2, 0.25) is 5.02 Å². The summed E-state index contributed by atoms with van der Waals surface area (Å²) in [5, 5.41) is 3.16. The molecule has 110 valence electrons. The largest absolute Gasteiger partial charge is 0.591 e. The van der Waals surface area contributed by atoms with E-state index in [9.17, 15) is 18.6 Å². The molecule has 0 heterocycles. The summed E-state index contributed by atoms with van der Waals surface area (Å²) in [6.45, 7) is 0. The van der Waals surface area contributed by atoms with Crippen LogP contribution in [0.3, 0.4) is 0 Å². The van der Waals surface area contributed by atoms with Crippen molar-refractivity contribution in [1.82, 2.24) is 0 Å². The lowest BCUT2D eigenvalue weighted by Crippen LogP contribution is -2.04. The zero-order chi connectivity index (χ0) is 15.8. The van der Waals surface area contributed by atoms with Gasteiger partial charge >= 0.3 is 8.03 Å². The summed E-state index contributed by atoms with van der Waals surface area (Å²) >= 11 is 5.48. The third-order valence-electron chi connectivity index (χ3n) is 2.43. The van der Waals surface area contributed by atoms with E-state index in [0.29, 0.717) is 11.8 Å². The van der Waals surface area contributed by atoms with Crippen LogP contribution in [0.1, 0.15) is 10.4 Å². The van der Waals surface area contributed by atoms with Crippen molar-refractivity contribution in [2.24, 2.45) is 0 Å². The molecule has 1 unspecified atom stereocenters. The summed E-state index contributed by atoms with van der Waals surface area (Å²) < 4.78 is 22.9. The van der Waals surface area contributed by atoms with Crippen molar-refractivity contribution < 1.29 is 18.6 Å². The summed E-state index contributed by atoms with van der Waals surface area (Å²) in [4.78, 5) is 20.6. The average Bonchev–Trinajstić information content (AvgIpc) is 2.50. The number of nitrogens with one attached hydrogen (secondary N) is 1. The SMILES string of the molecule is CNc1ccc(F)c(Cl)c1.O=Cc1cccc([P+](=O)[O-])c1. The Kier molecular flexibility index (Phi) is 6.96. The summed E-state index contributed by atoms with van der Waals surface area (Å²) in [6, 6.07) is 10.4. The molecule has 4 nitrogen and oxygen atoms in total. The number of benzene rings is 2. The summed E-state index contributed by atoms with van der Waals surface area (Å²) in [5.41, 5.74) is 1.19. The number of rotatable bonds is 3. The van der Waals surface area contributed by atoms with Gasteiger partial charge in [0.05, 0.1) is 5.02 Å². The molecular formula is C14H12ClFNO3P. The van der Waals surface area contributed by atoms with E-state index in [0.717, 1.165) is 5.69 Å². The topological polar surface area (TPSA) is 69.2 Å². The smallest absolute Gasteiger partial charge is 0.348 e. The maximum atomic E-state index is 12.5. The predicted molar refractivity (Wildman–Crippen MR) is 80.0 cm³/mol. The Morgan fingerprint density at radius 1 is 1.29 bits per heavy atom. The number of carbonyl (C=O) groups is 1. The summed E-state index contributed by atoms with van der Waals surface area (Å²) in [5.74, 6) is -0.388. The number of hydrogen-bond acceptors (Lipinski definition) is 4. The molecule has 0 bridgehead atoms. The summed E-state index contributed by atoms with van der Waals surface area (Å²) in [7, 11) is -0.823. The van der Waals surface area contributed by atoms with Crippen LogP contribution < -0.4 is 15.5 Å². The van der Waals surface area contributed by atoms with Crippen molar-refractivity contribution in [3.8, 4) is 0 Å². The monoisotopic (exact) mass is 327 g/mol. The highest BCUT2D eigenvalue weighted by Gasteiger charge is 2.05. The molecule has 0 amide bonds. The molecule has 0 aliphatic heterocycles. The third kappa shape index (κ3) is 5.60. The van der Waals surface area contributed by atoms with Gasteiger partial charge in [-0.2, -0.15) is 0 Å². The summed E-state index contributed by atoms with van der Waals surface area (Å²) in [6.07, 6.45) is 0.613. The van der Waals surface area contributed by atoms with Gasteiger partial charge in [-0.3, -0.25) is 4.79 Å². The van der Waals surface area contributed by atoms with Crippen LogP contribution in [0.4, 0.5) is 10.1 Å². The molecule has 7 heteroatoms. The molecule has 2 rings (SSSR count). The van der Waals surface area contributed by atoms with Crippen LogP contribution in [0.15, 0.2) is 42.5 Å².